The van der Waals surface area contributed by atoms with Gasteiger partial charge in [-0.15, -0.1) is 10.2 Å². The molecule has 1 aromatic heterocycles. The highest BCUT2D eigenvalue weighted by Gasteiger charge is 2.14. The zero-order chi connectivity index (χ0) is 25.2. The number of aromatic nitrogens is 3. The zero-order valence-corrected chi connectivity index (χ0v) is 20.9. The summed E-state index contributed by atoms with van der Waals surface area (Å²) in [7, 11) is 1.63. The molecule has 1 amide bonds. The topological polar surface area (TPSA) is 90.6 Å². The highest BCUT2D eigenvalue weighted by molar-refractivity contribution is 7.99. The van der Waals surface area contributed by atoms with Crippen LogP contribution < -0.4 is 14.9 Å². The molecule has 0 unspecified atom stereocenters. The SMILES string of the molecule is CCn1c(SCC(=O)NN=Cc2cccc(OCc3ccccc3)c2)nnc1-c1ccc(OC)cc1. The summed E-state index contributed by atoms with van der Waals surface area (Å²) in [5.41, 5.74) is 5.41. The molecule has 0 aliphatic heterocycles. The Morgan fingerprint density at radius 3 is 2.58 bits per heavy atom. The minimum absolute atomic E-state index is 0.165. The van der Waals surface area contributed by atoms with Gasteiger partial charge in [-0.3, -0.25) is 4.79 Å². The van der Waals surface area contributed by atoms with E-state index in [1.54, 1.807) is 13.3 Å². The van der Waals surface area contributed by atoms with Crippen LogP contribution in [0.5, 0.6) is 11.5 Å². The van der Waals surface area contributed by atoms with E-state index in [2.05, 4.69) is 20.7 Å². The highest BCUT2D eigenvalue weighted by atomic mass is 32.2. The monoisotopic (exact) mass is 501 g/mol. The van der Waals surface area contributed by atoms with Crippen molar-refractivity contribution in [2.45, 2.75) is 25.2 Å². The first kappa shape index (κ1) is 25.0. The molecule has 0 radical (unpaired) electrons. The zero-order valence-electron chi connectivity index (χ0n) is 20.1. The minimum Gasteiger partial charge on any atom is -0.497 e. The first-order chi connectivity index (χ1) is 17.7. The van der Waals surface area contributed by atoms with Crippen molar-refractivity contribution in [3.63, 3.8) is 0 Å². The Labute approximate surface area is 214 Å². The van der Waals surface area contributed by atoms with Crippen LogP contribution in [0.3, 0.4) is 0 Å². The predicted molar refractivity (Wildman–Crippen MR) is 141 cm³/mol. The molecular weight excluding hydrogens is 474 g/mol. The third-order valence-electron chi connectivity index (χ3n) is 5.22. The van der Waals surface area contributed by atoms with Gasteiger partial charge in [-0.05, 0) is 54.4 Å². The molecule has 0 aliphatic carbocycles. The van der Waals surface area contributed by atoms with Crippen LogP contribution in [0.1, 0.15) is 18.1 Å². The second-order valence-electron chi connectivity index (χ2n) is 7.71. The predicted octanol–water partition coefficient (Wildman–Crippen LogP) is 4.80. The van der Waals surface area contributed by atoms with E-state index < -0.39 is 0 Å². The fraction of sp³-hybridized carbons (Fsp3) is 0.185. The molecule has 0 bridgehead atoms. The second-order valence-corrected chi connectivity index (χ2v) is 8.65. The Hall–Kier alpha value is -4.11. The Kier molecular flexibility index (Phi) is 8.72. The molecule has 4 aromatic rings. The van der Waals surface area contributed by atoms with Gasteiger partial charge >= 0.3 is 0 Å². The highest BCUT2D eigenvalue weighted by Crippen LogP contribution is 2.25. The third-order valence-corrected chi connectivity index (χ3v) is 6.19. The number of rotatable bonds is 11. The smallest absolute Gasteiger partial charge is 0.250 e. The van der Waals surface area contributed by atoms with Crippen LogP contribution in [0.2, 0.25) is 0 Å². The maximum atomic E-state index is 12.3. The molecule has 0 saturated heterocycles. The Balaban J connectivity index is 1.29. The van der Waals surface area contributed by atoms with Crippen LogP contribution in [0.15, 0.2) is 89.1 Å². The van der Waals surface area contributed by atoms with Crippen molar-refractivity contribution in [2.75, 3.05) is 12.9 Å². The molecule has 3 aromatic carbocycles. The average Bonchev–Trinajstić information content (AvgIpc) is 3.34. The molecule has 9 heteroatoms. The summed E-state index contributed by atoms with van der Waals surface area (Å²) >= 11 is 1.31. The van der Waals surface area contributed by atoms with E-state index in [0.29, 0.717) is 18.3 Å². The van der Waals surface area contributed by atoms with Gasteiger partial charge in [0.2, 0.25) is 0 Å². The van der Waals surface area contributed by atoms with Crippen LogP contribution in [0.4, 0.5) is 0 Å². The van der Waals surface area contributed by atoms with Crippen molar-refractivity contribution in [1.82, 2.24) is 20.2 Å². The quantitative estimate of drug-likeness (QED) is 0.180. The van der Waals surface area contributed by atoms with E-state index in [4.69, 9.17) is 9.47 Å². The van der Waals surface area contributed by atoms with Crippen LogP contribution in [-0.4, -0.2) is 39.7 Å². The number of methoxy groups -OCH3 is 1. The van der Waals surface area contributed by atoms with E-state index in [1.807, 2.05) is 90.4 Å². The van der Waals surface area contributed by atoms with Gasteiger partial charge in [0.25, 0.3) is 5.91 Å². The van der Waals surface area contributed by atoms with Gasteiger partial charge in [-0.1, -0.05) is 54.2 Å². The van der Waals surface area contributed by atoms with Crippen LogP contribution in [-0.2, 0) is 17.9 Å². The molecule has 1 N–H and O–H groups in total. The molecule has 4 rings (SSSR count). The third kappa shape index (κ3) is 6.73. The van der Waals surface area contributed by atoms with E-state index in [-0.39, 0.29) is 11.7 Å². The number of hydrogen-bond donors (Lipinski definition) is 1. The number of nitrogens with one attached hydrogen (secondary N) is 1. The molecule has 0 aliphatic rings. The number of hydrazone groups is 1. The largest absolute Gasteiger partial charge is 0.497 e. The lowest BCUT2D eigenvalue weighted by molar-refractivity contribution is -0.118. The number of amides is 1. The van der Waals surface area contributed by atoms with Crippen LogP contribution in [0.25, 0.3) is 11.4 Å². The number of benzene rings is 3. The number of nitrogens with zero attached hydrogens (tertiary/aromatic N) is 4. The molecule has 0 saturated carbocycles. The first-order valence-electron chi connectivity index (χ1n) is 11.5. The summed E-state index contributed by atoms with van der Waals surface area (Å²) < 4.78 is 13.0. The fourth-order valence-corrected chi connectivity index (χ4v) is 4.20. The average molecular weight is 502 g/mol. The molecule has 0 spiro atoms. The fourth-order valence-electron chi connectivity index (χ4n) is 3.40. The van der Waals surface area contributed by atoms with Crippen LogP contribution >= 0.6 is 11.8 Å². The first-order valence-corrected chi connectivity index (χ1v) is 12.4. The maximum absolute atomic E-state index is 12.3. The van der Waals surface area contributed by atoms with Gasteiger partial charge < -0.3 is 14.0 Å². The summed E-state index contributed by atoms with van der Waals surface area (Å²) in [4.78, 5) is 12.3. The van der Waals surface area contributed by atoms with E-state index >= 15 is 0 Å². The molecular formula is C27H27N5O3S. The lowest BCUT2D eigenvalue weighted by Gasteiger charge is -2.08. The van der Waals surface area contributed by atoms with Gasteiger partial charge in [0.05, 0.1) is 19.1 Å². The number of hydrogen-bond acceptors (Lipinski definition) is 7. The summed E-state index contributed by atoms with van der Waals surface area (Å²) in [6, 6.07) is 25.1. The van der Waals surface area contributed by atoms with Crippen molar-refractivity contribution in [2.24, 2.45) is 5.10 Å². The van der Waals surface area contributed by atoms with Gasteiger partial charge in [-0.2, -0.15) is 5.10 Å². The van der Waals surface area contributed by atoms with Crippen molar-refractivity contribution >= 4 is 23.9 Å². The molecule has 8 nitrogen and oxygen atoms in total. The van der Waals surface area contributed by atoms with E-state index in [1.165, 1.54) is 11.8 Å². The van der Waals surface area contributed by atoms with Gasteiger partial charge in [0, 0.05) is 12.1 Å². The Bertz CT molecular complexity index is 1310. The Morgan fingerprint density at radius 1 is 1.03 bits per heavy atom. The van der Waals surface area contributed by atoms with Crippen molar-refractivity contribution in [3.05, 3.63) is 90.0 Å². The van der Waals surface area contributed by atoms with E-state index in [9.17, 15) is 4.79 Å². The molecule has 1 heterocycles. The van der Waals surface area contributed by atoms with Gasteiger partial charge in [0.1, 0.15) is 18.1 Å². The molecule has 0 fully saturated rings. The standard InChI is InChI=1S/C27H27N5O3S/c1-3-32-26(22-12-14-23(34-2)15-13-22)30-31-27(32)36-19-25(33)29-28-17-21-10-7-11-24(16-21)35-18-20-8-5-4-6-9-20/h4-17H,3,18-19H2,1-2H3,(H,29,33). The van der Waals surface area contributed by atoms with E-state index in [0.717, 1.165) is 34.0 Å². The summed E-state index contributed by atoms with van der Waals surface area (Å²) in [6.45, 7) is 3.18. The normalized spacial score (nSPS) is 10.9. The summed E-state index contributed by atoms with van der Waals surface area (Å²) in [6.07, 6.45) is 1.59. The lowest BCUT2D eigenvalue weighted by Crippen LogP contribution is -2.20. The van der Waals surface area contributed by atoms with Crippen molar-refractivity contribution in [3.8, 4) is 22.9 Å². The number of carbonyl (C=O) groups is 1. The minimum atomic E-state index is -0.232. The summed E-state index contributed by atoms with van der Waals surface area (Å²) in [5, 5.41) is 13.3. The second kappa shape index (κ2) is 12.6. The molecule has 184 valence electrons. The lowest BCUT2D eigenvalue weighted by atomic mass is 10.2. The molecule has 0 atom stereocenters. The molecule has 36 heavy (non-hydrogen) atoms. The van der Waals surface area contributed by atoms with Crippen LogP contribution in [0, 0.1) is 0 Å². The van der Waals surface area contributed by atoms with Crippen molar-refractivity contribution in [1.29, 1.82) is 0 Å². The Morgan fingerprint density at radius 2 is 1.83 bits per heavy atom. The number of carbonyl (C=O) groups excluding carboxylic acids is 1. The maximum Gasteiger partial charge on any atom is 0.250 e. The number of ether oxygens (including phenoxy) is 2. The van der Waals surface area contributed by atoms with Gasteiger partial charge in [0.15, 0.2) is 11.0 Å². The summed E-state index contributed by atoms with van der Waals surface area (Å²) in [5.74, 6) is 2.19. The number of thioether (sulfide) groups is 1. The van der Waals surface area contributed by atoms with Crippen molar-refractivity contribution < 1.29 is 14.3 Å². The van der Waals surface area contributed by atoms with Gasteiger partial charge in [-0.25, -0.2) is 5.43 Å².